The quantitative estimate of drug-likeness (QED) is 0.185. The van der Waals surface area contributed by atoms with E-state index in [-0.39, 0.29) is 36.5 Å². The van der Waals surface area contributed by atoms with E-state index in [4.69, 9.17) is 14.5 Å². The lowest BCUT2D eigenvalue weighted by Crippen LogP contribution is -2.40. The predicted octanol–water partition coefficient (Wildman–Crippen LogP) is 5.77. The summed E-state index contributed by atoms with van der Waals surface area (Å²) in [4.78, 5) is 57.8. The molecule has 3 atom stereocenters. The number of fused-ring (bicyclic) bond motifs is 6. The van der Waals surface area contributed by atoms with Gasteiger partial charge in [0.05, 0.1) is 54.6 Å². The Kier molecular flexibility index (Phi) is 8.58. The molecule has 0 aliphatic carbocycles. The zero-order valence-corrected chi connectivity index (χ0v) is 29.0. The highest BCUT2D eigenvalue weighted by molar-refractivity contribution is 6.07. The Morgan fingerprint density at radius 1 is 0.961 bits per heavy atom. The van der Waals surface area contributed by atoms with E-state index in [0.717, 1.165) is 99.4 Å². The second-order valence-corrected chi connectivity index (χ2v) is 13.6. The maximum Gasteiger partial charge on any atom is 0.407 e. The van der Waals surface area contributed by atoms with E-state index in [9.17, 15) is 14.4 Å². The summed E-state index contributed by atoms with van der Waals surface area (Å²) in [5.41, 5.74) is 6.85. The largest absolute Gasteiger partial charge is 0.488 e. The number of aromatic nitrogens is 4. The van der Waals surface area contributed by atoms with Crippen LogP contribution in [0.1, 0.15) is 68.3 Å². The van der Waals surface area contributed by atoms with Crippen LogP contribution in [-0.2, 0) is 25.7 Å². The van der Waals surface area contributed by atoms with Crippen LogP contribution < -0.4 is 10.1 Å². The number of carbonyl (C=O) groups is 3. The van der Waals surface area contributed by atoms with E-state index in [0.29, 0.717) is 19.6 Å². The number of hydrogen-bond donors (Lipinski definition) is 3. The van der Waals surface area contributed by atoms with Gasteiger partial charge in [0.2, 0.25) is 11.8 Å². The number of nitrogens with zero attached hydrogens (tertiary/aromatic N) is 4. The molecule has 0 spiro atoms. The van der Waals surface area contributed by atoms with Crippen LogP contribution in [0, 0.1) is 0 Å². The summed E-state index contributed by atoms with van der Waals surface area (Å²) >= 11 is 0. The van der Waals surface area contributed by atoms with Gasteiger partial charge in [0, 0.05) is 31.1 Å². The Morgan fingerprint density at radius 2 is 1.75 bits per heavy atom. The summed E-state index contributed by atoms with van der Waals surface area (Å²) in [6.45, 7) is 3.54. The Balaban J connectivity index is 1.03. The molecular formula is C38H41N7O6. The van der Waals surface area contributed by atoms with Crippen molar-refractivity contribution in [1.29, 1.82) is 0 Å². The van der Waals surface area contributed by atoms with Crippen molar-refractivity contribution in [3.63, 3.8) is 0 Å². The molecule has 13 nitrogen and oxygen atoms in total. The minimum Gasteiger partial charge on any atom is -0.488 e. The molecule has 3 aliphatic heterocycles. The molecule has 3 N–H and O–H groups in total. The molecule has 13 heteroatoms. The second-order valence-electron chi connectivity index (χ2n) is 13.6. The molecule has 5 heterocycles. The third-order valence-corrected chi connectivity index (χ3v) is 10.5. The summed E-state index contributed by atoms with van der Waals surface area (Å²) in [6.07, 6.45) is 4.86. The molecule has 2 aromatic heterocycles. The molecule has 8 rings (SSSR count). The first kappa shape index (κ1) is 32.8. The van der Waals surface area contributed by atoms with Crippen LogP contribution in [0.25, 0.3) is 44.2 Å². The van der Waals surface area contributed by atoms with Crippen LogP contribution in [-0.4, -0.2) is 87.6 Å². The van der Waals surface area contributed by atoms with Crippen LogP contribution in [0.3, 0.4) is 0 Å². The third kappa shape index (κ3) is 6.05. The van der Waals surface area contributed by atoms with Crippen molar-refractivity contribution in [2.75, 3.05) is 33.9 Å². The summed E-state index contributed by atoms with van der Waals surface area (Å²) in [7, 11) is 2.90. The Morgan fingerprint density at radius 3 is 2.53 bits per heavy atom. The van der Waals surface area contributed by atoms with E-state index in [1.807, 2.05) is 11.8 Å². The molecule has 0 saturated carbocycles. The van der Waals surface area contributed by atoms with Crippen molar-refractivity contribution in [3.05, 3.63) is 65.9 Å². The lowest BCUT2D eigenvalue weighted by Gasteiger charge is -2.24. The fraction of sp³-hybridized carbons (Fsp3) is 0.395. The number of H-pyrrole nitrogens is 2. The number of hydrogen-bond acceptors (Lipinski definition) is 8. The van der Waals surface area contributed by atoms with Crippen molar-refractivity contribution in [2.24, 2.45) is 0 Å². The third-order valence-electron chi connectivity index (χ3n) is 10.5. The van der Waals surface area contributed by atoms with E-state index >= 15 is 0 Å². The minimum atomic E-state index is -0.634. The molecular weight excluding hydrogens is 650 g/mol. The molecule has 0 unspecified atom stereocenters. The Labute approximate surface area is 294 Å². The van der Waals surface area contributed by atoms with Gasteiger partial charge in [0.25, 0.3) is 0 Å². The Hall–Kier alpha value is -5.43. The standard InChI is InChI=1S/C38H41N7O6/c1-21(49-2)14-33(46)44-12-5-7-31(44)37-41-28-11-9-22-16-27-25-10-8-23(15-24(25)20-51-32(27)17-26(22)35(28)43-37)29-18-39-36(42-29)30-6-4-13-45(30)34(47)19-40-38(48)50-3/h8-11,15-18,21,30-31H,4-7,12-14,19-20H2,1-3H3,(H,39,42)(H,40,48)(H,41,43)/t21-,30+,31+/m1/s1. The highest BCUT2D eigenvalue weighted by Gasteiger charge is 2.34. The zero-order chi connectivity index (χ0) is 35.2. The van der Waals surface area contributed by atoms with Crippen LogP contribution in [0.5, 0.6) is 5.75 Å². The summed E-state index contributed by atoms with van der Waals surface area (Å²) < 4.78 is 16.3. The van der Waals surface area contributed by atoms with Gasteiger partial charge in [-0.3, -0.25) is 9.59 Å². The lowest BCUT2D eigenvalue weighted by molar-refractivity contribution is -0.134. The van der Waals surface area contributed by atoms with Crippen molar-refractivity contribution in [1.82, 2.24) is 35.1 Å². The maximum atomic E-state index is 13.1. The molecule has 2 saturated heterocycles. The number of imidazole rings is 2. The van der Waals surface area contributed by atoms with Crippen molar-refractivity contribution >= 4 is 39.7 Å². The molecule has 3 aromatic carbocycles. The van der Waals surface area contributed by atoms with Gasteiger partial charge in [-0.05, 0) is 78.9 Å². The summed E-state index contributed by atoms with van der Waals surface area (Å²) in [6, 6.07) is 14.5. The predicted molar refractivity (Wildman–Crippen MR) is 190 cm³/mol. The summed E-state index contributed by atoms with van der Waals surface area (Å²) in [5.74, 6) is 2.26. The maximum absolute atomic E-state index is 13.1. The molecule has 2 fully saturated rings. The smallest absolute Gasteiger partial charge is 0.407 e. The molecule has 3 aliphatic rings. The van der Waals surface area contributed by atoms with Gasteiger partial charge in [0.15, 0.2) is 0 Å². The number of nitrogens with one attached hydrogen (secondary N) is 3. The van der Waals surface area contributed by atoms with E-state index in [2.05, 4.69) is 67.5 Å². The SMILES string of the molecule is COC(=O)NCC(=O)N1CCC[C@H]1c1ncc(-c2ccc3c(c2)COc2cc4c(ccc5[nH]c([C@@H]6CCCN6C(=O)C[C@@H](C)OC)nc54)cc2-3)[nH]1. The molecule has 51 heavy (non-hydrogen) atoms. The van der Waals surface area contributed by atoms with Gasteiger partial charge in [0.1, 0.15) is 30.5 Å². The number of carbonyl (C=O) groups excluding carboxylic acids is 3. The fourth-order valence-electron chi connectivity index (χ4n) is 7.75. The van der Waals surface area contributed by atoms with Gasteiger partial charge >= 0.3 is 6.09 Å². The van der Waals surface area contributed by atoms with Gasteiger partial charge in [-0.1, -0.05) is 18.2 Å². The number of likely N-dealkylation sites (tertiary alicyclic amines) is 2. The normalized spacial score (nSPS) is 18.8. The first-order chi connectivity index (χ1) is 24.8. The van der Waals surface area contributed by atoms with Crippen LogP contribution in [0.2, 0.25) is 0 Å². The van der Waals surface area contributed by atoms with E-state index in [1.54, 1.807) is 18.2 Å². The second kappa shape index (κ2) is 13.4. The van der Waals surface area contributed by atoms with Crippen molar-refractivity contribution in [3.8, 4) is 28.1 Å². The number of alkyl carbamates (subject to hydrolysis) is 1. The van der Waals surface area contributed by atoms with Gasteiger partial charge < -0.3 is 39.3 Å². The fourth-order valence-corrected chi connectivity index (χ4v) is 7.75. The van der Waals surface area contributed by atoms with Crippen molar-refractivity contribution < 1.29 is 28.6 Å². The van der Waals surface area contributed by atoms with Crippen LogP contribution in [0.15, 0.2) is 48.7 Å². The first-order valence-electron chi connectivity index (χ1n) is 17.5. The highest BCUT2D eigenvalue weighted by atomic mass is 16.5. The summed E-state index contributed by atoms with van der Waals surface area (Å²) in [5, 5.41) is 4.54. The number of ether oxygens (including phenoxy) is 3. The van der Waals surface area contributed by atoms with Crippen molar-refractivity contribution in [2.45, 2.75) is 63.8 Å². The van der Waals surface area contributed by atoms with Gasteiger partial charge in [-0.15, -0.1) is 0 Å². The average Bonchev–Trinajstić information content (AvgIpc) is 3.98. The van der Waals surface area contributed by atoms with Gasteiger partial charge in [-0.25, -0.2) is 14.8 Å². The Bertz CT molecular complexity index is 2160. The number of amides is 3. The number of benzene rings is 3. The molecule has 5 aromatic rings. The monoisotopic (exact) mass is 691 g/mol. The molecule has 3 amide bonds. The molecule has 0 bridgehead atoms. The van der Waals surface area contributed by atoms with E-state index in [1.165, 1.54) is 7.11 Å². The van der Waals surface area contributed by atoms with Gasteiger partial charge in [-0.2, -0.15) is 0 Å². The number of aromatic amines is 2. The van der Waals surface area contributed by atoms with E-state index < -0.39 is 6.09 Å². The average molecular weight is 692 g/mol. The van der Waals surface area contributed by atoms with Crippen LogP contribution in [0.4, 0.5) is 4.79 Å². The first-order valence-corrected chi connectivity index (χ1v) is 17.5. The van der Waals surface area contributed by atoms with Crippen LogP contribution >= 0.6 is 0 Å². The minimum absolute atomic E-state index is 0.0835. The number of rotatable bonds is 8. The lowest BCUT2D eigenvalue weighted by atomic mass is 9.92. The molecule has 264 valence electrons. The number of methoxy groups -OCH3 is 2. The topological polar surface area (TPSA) is 155 Å². The molecule has 0 radical (unpaired) electrons. The zero-order valence-electron chi connectivity index (χ0n) is 29.0. The highest BCUT2D eigenvalue weighted by Crippen LogP contribution is 2.43.